The topological polar surface area (TPSA) is 104 Å². The van der Waals surface area contributed by atoms with E-state index in [9.17, 15) is 10.1 Å². The summed E-state index contributed by atoms with van der Waals surface area (Å²) in [5, 5.41) is 15.4. The highest BCUT2D eigenvalue weighted by atomic mass is 35.5. The lowest BCUT2D eigenvalue weighted by molar-refractivity contribution is -0.384. The first-order valence-corrected chi connectivity index (χ1v) is 8.95. The van der Waals surface area contributed by atoms with Crippen molar-refractivity contribution < 1.29 is 18.9 Å². The number of halogens is 1. The van der Waals surface area contributed by atoms with Gasteiger partial charge in [0.1, 0.15) is 11.5 Å². The summed E-state index contributed by atoms with van der Waals surface area (Å²) >= 11 is 6.17. The molecule has 3 aromatic rings. The summed E-state index contributed by atoms with van der Waals surface area (Å²) in [7, 11) is 4.95. The van der Waals surface area contributed by atoms with Gasteiger partial charge in [0, 0.05) is 29.8 Å². The molecule has 0 atom stereocenters. The van der Waals surface area contributed by atoms with E-state index >= 15 is 0 Å². The molecule has 0 saturated heterocycles. The maximum absolute atomic E-state index is 11.0. The van der Waals surface area contributed by atoms with Gasteiger partial charge in [0.2, 0.25) is 11.7 Å². The fourth-order valence-electron chi connectivity index (χ4n) is 2.79. The number of nitro groups is 1. The molecule has 0 fully saturated rings. The van der Waals surface area contributed by atoms with Gasteiger partial charge in [-0.15, -0.1) is 0 Å². The molecule has 1 aromatic heterocycles. The van der Waals surface area contributed by atoms with Crippen LogP contribution < -0.4 is 9.47 Å². The van der Waals surface area contributed by atoms with Crippen LogP contribution in [0.5, 0.6) is 11.5 Å². The molecule has 2 aromatic carbocycles. The first-order chi connectivity index (χ1) is 13.9. The smallest absolute Gasteiger partial charge is 0.269 e. The Labute approximate surface area is 171 Å². The molecule has 10 heteroatoms. The highest BCUT2D eigenvalue weighted by molar-refractivity contribution is 6.31. The van der Waals surface area contributed by atoms with Crippen LogP contribution in [0.1, 0.15) is 11.5 Å². The summed E-state index contributed by atoms with van der Waals surface area (Å²) < 4.78 is 15.9. The zero-order chi connectivity index (χ0) is 21.0. The van der Waals surface area contributed by atoms with Crippen molar-refractivity contribution in [3.05, 3.63) is 63.0 Å². The summed E-state index contributed by atoms with van der Waals surface area (Å²) in [6.07, 6.45) is 0. The molecule has 3 rings (SSSR count). The number of non-ortho nitro benzene ring substituents is 1. The molecular weight excluding hydrogens is 400 g/mol. The molecule has 0 amide bonds. The highest BCUT2D eigenvalue weighted by Crippen LogP contribution is 2.31. The second-order valence-corrected chi connectivity index (χ2v) is 6.69. The third-order valence-electron chi connectivity index (χ3n) is 4.20. The first-order valence-electron chi connectivity index (χ1n) is 8.57. The average molecular weight is 419 g/mol. The van der Waals surface area contributed by atoms with Crippen molar-refractivity contribution in [2.45, 2.75) is 13.1 Å². The van der Waals surface area contributed by atoms with Crippen molar-refractivity contribution in [1.82, 2.24) is 15.0 Å². The lowest BCUT2D eigenvalue weighted by Crippen LogP contribution is -2.17. The van der Waals surface area contributed by atoms with Gasteiger partial charge in [0.05, 0.1) is 31.3 Å². The molecule has 0 radical (unpaired) electrons. The van der Waals surface area contributed by atoms with Crippen LogP contribution in [0.25, 0.3) is 11.4 Å². The summed E-state index contributed by atoms with van der Waals surface area (Å²) in [6.45, 7) is 0.717. The molecule has 0 aliphatic heterocycles. The summed E-state index contributed by atoms with van der Waals surface area (Å²) in [6, 6.07) is 9.66. The van der Waals surface area contributed by atoms with Crippen molar-refractivity contribution >= 4 is 17.3 Å². The number of aromatic nitrogens is 2. The Hall–Kier alpha value is -3.17. The molecule has 0 unspecified atom stereocenters. The Morgan fingerprint density at radius 3 is 2.66 bits per heavy atom. The van der Waals surface area contributed by atoms with E-state index in [4.69, 9.17) is 25.6 Å². The molecule has 1 heterocycles. The summed E-state index contributed by atoms with van der Waals surface area (Å²) in [5.41, 5.74) is 1.30. The van der Waals surface area contributed by atoms with Gasteiger partial charge in [0.25, 0.3) is 5.69 Å². The maximum Gasteiger partial charge on any atom is 0.269 e. The Morgan fingerprint density at radius 1 is 1.17 bits per heavy atom. The largest absolute Gasteiger partial charge is 0.497 e. The van der Waals surface area contributed by atoms with E-state index in [1.54, 1.807) is 32.4 Å². The second kappa shape index (κ2) is 8.89. The van der Waals surface area contributed by atoms with E-state index in [-0.39, 0.29) is 5.69 Å². The molecule has 0 aliphatic carbocycles. The Bertz CT molecular complexity index is 1020. The van der Waals surface area contributed by atoms with Crippen LogP contribution >= 0.6 is 11.6 Å². The van der Waals surface area contributed by atoms with Crippen molar-refractivity contribution in [2.24, 2.45) is 0 Å². The van der Waals surface area contributed by atoms with Crippen molar-refractivity contribution in [3.63, 3.8) is 0 Å². The van der Waals surface area contributed by atoms with Gasteiger partial charge in [-0.05, 0) is 30.8 Å². The van der Waals surface area contributed by atoms with Crippen LogP contribution in [0.15, 0.2) is 40.9 Å². The molecule has 0 aliphatic rings. The Kier molecular flexibility index (Phi) is 6.30. The highest BCUT2D eigenvalue weighted by Gasteiger charge is 2.17. The van der Waals surface area contributed by atoms with Gasteiger partial charge in [-0.2, -0.15) is 4.98 Å². The number of benzene rings is 2. The van der Waals surface area contributed by atoms with Crippen molar-refractivity contribution in [3.8, 4) is 22.9 Å². The van der Waals surface area contributed by atoms with Gasteiger partial charge < -0.3 is 14.0 Å². The van der Waals surface area contributed by atoms with Crippen LogP contribution in [0.3, 0.4) is 0 Å². The number of methoxy groups -OCH3 is 2. The predicted molar refractivity (Wildman–Crippen MR) is 106 cm³/mol. The zero-order valence-electron chi connectivity index (χ0n) is 16.1. The van der Waals surface area contributed by atoms with Gasteiger partial charge in [-0.1, -0.05) is 16.8 Å². The minimum absolute atomic E-state index is 0.00974. The molecular formula is C19H19ClN4O5. The monoisotopic (exact) mass is 418 g/mol. The van der Waals surface area contributed by atoms with E-state index in [0.29, 0.717) is 52.5 Å². The standard InChI is InChI=1S/C19H19ClN4O5/c1-23(10-12-8-13(24(25)26)4-7-16(12)20)11-18-21-19(22-29-18)15-6-5-14(27-2)9-17(15)28-3/h4-9H,10-11H2,1-3H3. The van der Waals surface area contributed by atoms with Crippen molar-refractivity contribution in [2.75, 3.05) is 21.3 Å². The number of nitro benzene ring substituents is 1. The van der Waals surface area contributed by atoms with E-state index in [1.165, 1.54) is 18.2 Å². The number of nitrogens with zero attached hydrogens (tertiary/aromatic N) is 4. The number of ether oxygens (including phenoxy) is 2. The molecule has 152 valence electrons. The van der Waals surface area contributed by atoms with Crippen LogP contribution in [0.2, 0.25) is 5.02 Å². The third-order valence-corrected chi connectivity index (χ3v) is 4.57. The molecule has 29 heavy (non-hydrogen) atoms. The fourth-order valence-corrected chi connectivity index (χ4v) is 2.96. The molecule has 0 saturated carbocycles. The molecule has 0 spiro atoms. The minimum Gasteiger partial charge on any atom is -0.497 e. The third kappa shape index (κ3) is 4.82. The van der Waals surface area contributed by atoms with Gasteiger partial charge >= 0.3 is 0 Å². The van der Waals surface area contributed by atoms with Crippen LogP contribution in [-0.2, 0) is 13.1 Å². The average Bonchev–Trinajstić information content (AvgIpc) is 3.16. The molecule has 9 nitrogen and oxygen atoms in total. The number of rotatable bonds is 8. The van der Waals surface area contributed by atoms with E-state index < -0.39 is 4.92 Å². The zero-order valence-corrected chi connectivity index (χ0v) is 16.8. The lowest BCUT2D eigenvalue weighted by atomic mass is 10.2. The van der Waals surface area contributed by atoms with Crippen LogP contribution in [-0.4, -0.2) is 41.2 Å². The first kappa shape index (κ1) is 20.6. The summed E-state index contributed by atoms with van der Waals surface area (Å²) in [4.78, 5) is 16.8. The quantitative estimate of drug-likeness (QED) is 0.400. The number of hydrogen-bond donors (Lipinski definition) is 0. The van der Waals surface area contributed by atoms with E-state index in [1.807, 2.05) is 11.9 Å². The predicted octanol–water partition coefficient (Wildman–Crippen LogP) is 3.95. The Morgan fingerprint density at radius 2 is 1.97 bits per heavy atom. The van der Waals surface area contributed by atoms with Crippen molar-refractivity contribution in [1.29, 1.82) is 0 Å². The summed E-state index contributed by atoms with van der Waals surface area (Å²) in [5.74, 6) is 2.00. The van der Waals surface area contributed by atoms with Crippen LogP contribution in [0, 0.1) is 10.1 Å². The van der Waals surface area contributed by atoms with E-state index in [0.717, 1.165) is 0 Å². The maximum atomic E-state index is 11.0. The minimum atomic E-state index is -0.452. The van der Waals surface area contributed by atoms with Gasteiger partial charge in [0.15, 0.2) is 0 Å². The number of hydrogen-bond acceptors (Lipinski definition) is 8. The second-order valence-electron chi connectivity index (χ2n) is 6.28. The normalized spacial score (nSPS) is 10.9. The fraction of sp³-hybridized carbons (Fsp3) is 0.263. The lowest BCUT2D eigenvalue weighted by Gasteiger charge is -2.15. The molecule has 0 bridgehead atoms. The van der Waals surface area contributed by atoms with E-state index in [2.05, 4.69) is 10.1 Å². The Balaban J connectivity index is 1.74. The van der Waals surface area contributed by atoms with Gasteiger partial charge in [-0.3, -0.25) is 15.0 Å². The molecule has 0 N–H and O–H groups in total. The SMILES string of the molecule is COc1ccc(-c2noc(CN(C)Cc3cc([N+](=O)[O-])ccc3Cl)n2)c(OC)c1. The van der Waals surface area contributed by atoms with Gasteiger partial charge in [-0.25, -0.2) is 0 Å². The van der Waals surface area contributed by atoms with Crippen LogP contribution in [0.4, 0.5) is 5.69 Å².